The molecule has 0 bridgehead atoms. The third kappa shape index (κ3) is 1.96. The van der Waals surface area contributed by atoms with Gasteiger partial charge in [0.2, 0.25) is 0 Å². The molecule has 0 aliphatic carbocycles. The van der Waals surface area contributed by atoms with Gasteiger partial charge in [0.25, 0.3) is 0 Å². The van der Waals surface area contributed by atoms with Gasteiger partial charge in [0.1, 0.15) is 0 Å². The van der Waals surface area contributed by atoms with E-state index in [1.807, 2.05) is 18.2 Å². The van der Waals surface area contributed by atoms with E-state index in [-0.39, 0.29) is 6.10 Å². The Morgan fingerprint density at radius 2 is 2.24 bits per heavy atom. The summed E-state index contributed by atoms with van der Waals surface area (Å²) in [6.45, 7) is 2.90. The van der Waals surface area contributed by atoms with Crippen LogP contribution < -0.4 is 5.32 Å². The number of hydrogen-bond donors (Lipinski definition) is 1. The van der Waals surface area contributed by atoms with Crippen molar-refractivity contribution in [2.75, 3.05) is 11.9 Å². The van der Waals surface area contributed by atoms with Crippen LogP contribution in [0.4, 0.5) is 5.82 Å². The molecule has 1 fully saturated rings. The van der Waals surface area contributed by atoms with Crippen LogP contribution in [-0.4, -0.2) is 29.0 Å². The molecule has 2 aromatic rings. The van der Waals surface area contributed by atoms with Crippen LogP contribution in [0.3, 0.4) is 0 Å². The molecule has 17 heavy (non-hydrogen) atoms. The van der Waals surface area contributed by atoms with Crippen LogP contribution in [0.25, 0.3) is 10.8 Å². The Balaban J connectivity index is 1.94. The first kappa shape index (κ1) is 10.5. The lowest BCUT2D eigenvalue weighted by Crippen LogP contribution is -2.27. The van der Waals surface area contributed by atoms with E-state index in [0.717, 1.165) is 29.6 Å². The van der Waals surface area contributed by atoms with Gasteiger partial charge in [-0.1, -0.05) is 24.3 Å². The maximum absolute atomic E-state index is 5.54. The van der Waals surface area contributed by atoms with E-state index in [4.69, 9.17) is 4.74 Å². The Labute approximate surface area is 100 Å². The van der Waals surface area contributed by atoms with Crippen LogP contribution in [0, 0.1) is 0 Å². The number of rotatable bonds is 2. The van der Waals surface area contributed by atoms with E-state index < -0.39 is 0 Å². The van der Waals surface area contributed by atoms with Crippen LogP contribution in [0.15, 0.2) is 30.5 Å². The minimum absolute atomic E-state index is 0.232. The van der Waals surface area contributed by atoms with E-state index in [0.29, 0.717) is 6.04 Å². The average molecular weight is 229 g/mol. The Kier molecular flexibility index (Phi) is 2.65. The summed E-state index contributed by atoms with van der Waals surface area (Å²) in [5, 5.41) is 13.9. The van der Waals surface area contributed by atoms with E-state index in [1.54, 1.807) is 6.20 Å². The van der Waals surface area contributed by atoms with E-state index in [1.165, 1.54) is 0 Å². The highest BCUT2D eigenvalue weighted by Gasteiger charge is 2.24. The summed E-state index contributed by atoms with van der Waals surface area (Å²) in [5.74, 6) is 0.852. The Morgan fingerprint density at radius 3 is 3.06 bits per heavy atom. The summed E-state index contributed by atoms with van der Waals surface area (Å²) in [5.41, 5.74) is 0. The molecule has 2 atom stereocenters. The van der Waals surface area contributed by atoms with Crippen LogP contribution in [-0.2, 0) is 4.74 Å². The molecule has 1 aliphatic heterocycles. The van der Waals surface area contributed by atoms with E-state index in [2.05, 4.69) is 28.5 Å². The number of nitrogens with one attached hydrogen (secondary N) is 1. The largest absolute Gasteiger partial charge is 0.376 e. The monoisotopic (exact) mass is 229 g/mol. The van der Waals surface area contributed by atoms with Crippen molar-refractivity contribution in [3.05, 3.63) is 30.5 Å². The van der Waals surface area contributed by atoms with Crippen molar-refractivity contribution in [2.45, 2.75) is 25.5 Å². The molecule has 2 heterocycles. The Hall–Kier alpha value is -1.68. The maximum atomic E-state index is 5.54. The normalized spacial score (nSPS) is 24.1. The Bertz CT molecular complexity index is 524. The number of fused-ring (bicyclic) bond motifs is 1. The predicted molar refractivity (Wildman–Crippen MR) is 67.0 cm³/mol. The molecule has 2 unspecified atom stereocenters. The van der Waals surface area contributed by atoms with Gasteiger partial charge in [-0.3, -0.25) is 0 Å². The predicted octanol–water partition coefficient (Wildman–Crippen LogP) is 2.22. The highest BCUT2D eigenvalue weighted by atomic mass is 16.5. The highest BCUT2D eigenvalue weighted by molar-refractivity contribution is 5.90. The molecule has 1 saturated heterocycles. The molecule has 4 nitrogen and oxygen atoms in total. The molecule has 1 N–H and O–H groups in total. The summed E-state index contributed by atoms with van der Waals surface area (Å²) < 4.78 is 5.54. The third-order valence-corrected chi connectivity index (χ3v) is 3.27. The molecule has 0 amide bonds. The van der Waals surface area contributed by atoms with Gasteiger partial charge in [-0.2, -0.15) is 5.10 Å². The molecule has 1 aromatic carbocycles. The molecule has 3 rings (SSSR count). The van der Waals surface area contributed by atoms with Crippen molar-refractivity contribution < 1.29 is 4.74 Å². The fraction of sp³-hybridized carbons (Fsp3) is 0.385. The van der Waals surface area contributed by atoms with Crippen molar-refractivity contribution in [3.8, 4) is 0 Å². The van der Waals surface area contributed by atoms with Gasteiger partial charge in [0.05, 0.1) is 18.3 Å². The molecular formula is C13H15N3O. The second kappa shape index (κ2) is 4.30. The summed E-state index contributed by atoms with van der Waals surface area (Å²) in [6.07, 6.45) is 3.04. The minimum atomic E-state index is 0.232. The summed E-state index contributed by atoms with van der Waals surface area (Å²) in [6, 6.07) is 8.46. The van der Waals surface area contributed by atoms with Gasteiger partial charge in [-0.25, -0.2) is 0 Å². The van der Waals surface area contributed by atoms with Gasteiger partial charge >= 0.3 is 0 Å². The second-order valence-electron chi connectivity index (χ2n) is 4.40. The fourth-order valence-electron chi connectivity index (χ4n) is 2.23. The molecule has 4 heteroatoms. The summed E-state index contributed by atoms with van der Waals surface area (Å²) in [4.78, 5) is 0. The summed E-state index contributed by atoms with van der Waals surface area (Å²) in [7, 11) is 0. The third-order valence-electron chi connectivity index (χ3n) is 3.27. The second-order valence-corrected chi connectivity index (χ2v) is 4.40. The van der Waals surface area contributed by atoms with Crippen molar-refractivity contribution in [3.63, 3.8) is 0 Å². The molecule has 0 spiro atoms. The lowest BCUT2D eigenvalue weighted by Gasteiger charge is -2.17. The van der Waals surface area contributed by atoms with Crippen molar-refractivity contribution >= 4 is 16.6 Å². The zero-order chi connectivity index (χ0) is 11.7. The zero-order valence-electron chi connectivity index (χ0n) is 9.76. The first-order valence-electron chi connectivity index (χ1n) is 5.93. The van der Waals surface area contributed by atoms with Gasteiger partial charge in [0, 0.05) is 17.4 Å². The first-order valence-corrected chi connectivity index (χ1v) is 5.93. The number of nitrogens with zero attached hydrogens (tertiary/aromatic N) is 2. The molecule has 88 valence electrons. The van der Waals surface area contributed by atoms with Gasteiger partial charge in [0.15, 0.2) is 5.82 Å². The van der Waals surface area contributed by atoms with E-state index >= 15 is 0 Å². The minimum Gasteiger partial charge on any atom is -0.376 e. The Morgan fingerprint density at radius 1 is 1.35 bits per heavy atom. The van der Waals surface area contributed by atoms with Crippen LogP contribution in [0.1, 0.15) is 13.3 Å². The molecule has 0 radical (unpaired) electrons. The maximum Gasteiger partial charge on any atom is 0.156 e. The van der Waals surface area contributed by atoms with Crippen LogP contribution in [0.2, 0.25) is 0 Å². The van der Waals surface area contributed by atoms with E-state index in [9.17, 15) is 0 Å². The average Bonchev–Trinajstić information content (AvgIpc) is 2.76. The number of anilines is 1. The van der Waals surface area contributed by atoms with Crippen molar-refractivity contribution in [1.82, 2.24) is 10.2 Å². The standard InChI is InChI=1S/C13H15N3O/c1-9-12(6-7-17-9)15-13-11-5-3-2-4-10(11)8-14-16-13/h2-5,8-9,12H,6-7H2,1H3,(H,15,16). The van der Waals surface area contributed by atoms with Crippen molar-refractivity contribution in [2.24, 2.45) is 0 Å². The quantitative estimate of drug-likeness (QED) is 0.857. The van der Waals surface area contributed by atoms with Gasteiger partial charge in [-0.15, -0.1) is 5.10 Å². The fourth-order valence-corrected chi connectivity index (χ4v) is 2.23. The van der Waals surface area contributed by atoms with Crippen molar-refractivity contribution in [1.29, 1.82) is 0 Å². The molecule has 0 saturated carbocycles. The molecule has 1 aromatic heterocycles. The topological polar surface area (TPSA) is 47.0 Å². The molecular weight excluding hydrogens is 214 g/mol. The van der Waals surface area contributed by atoms with Crippen LogP contribution >= 0.6 is 0 Å². The first-order chi connectivity index (χ1) is 8.34. The lowest BCUT2D eigenvalue weighted by atomic mass is 10.1. The number of benzene rings is 1. The molecule has 1 aliphatic rings. The number of aromatic nitrogens is 2. The smallest absolute Gasteiger partial charge is 0.156 e. The zero-order valence-corrected chi connectivity index (χ0v) is 9.76. The van der Waals surface area contributed by atoms with Crippen LogP contribution in [0.5, 0.6) is 0 Å². The van der Waals surface area contributed by atoms with Gasteiger partial charge < -0.3 is 10.1 Å². The number of hydrogen-bond acceptors (Lipinski definition) is 4. The van der Waals surface area contributed by atoms with Gasteiger partial charge in [-0.05, 0) is 13.3 Å². The lowest BCUT2D eigenvalue weighted by molar-refractivity contribution is 0.121. The summed E-state index contributed by atoms with van der Waals surface area (Å²) >= 11 is 0. The SMILES string of the molecule is CC1OCCC1Nc1nncc2ccccc12. The number of ether oxygens (including phenoxy) is 1. The highest BCUT2D eigenvalue weighted by Crippen LogP contribution is 2.23.